The van der Waals surface area contributed by atoms with Crippen molar-refractivity contribution in [3.63, 3.8) is 0 Å². The lowest BCUT2D eigenvalue weighted by molar-refractivity contribution is 0.601. The molecule has 0 saturated carbocycles. The average Bonchev–Trinajstić information content (AvgIpc) is 2.86. The van der Waals surface area contributed by atoms with Crippen LogP contribution in [0.5, 0.6) is 0 Å². The number of benzene rings is 2. The molecule has 0 saturated heterocycles. The molecule has 0 unspecified atom stereocenters. The Morgan fingerprint density at radius 2 is 1.48 bits per heavy atom. The van der Waals surface area contributed by atoms with Gasteiger partial charge in [0.25, 0.3) is 10.0 Å². The second-order valence-electron chi connectivity index (χ2n) is 5.68. The van der Waals surface area contributed by atoms with E-state index >= 15 is 0 Å². The van der Waals surface area contributed by atoms with E-state index in [9.17, 15) is 8.42 Å². The van der Waals surface area contributed by atoms with Crippen LogP contribution in [0.2, 0.25) is 10.0 Å². The number of aromatic nitrogens is 1. The average molecular weight is 395 g/mol. The number of halogens is 2. The van der Waals surface area contributed by atoms with E-state index in [4.69, 9.17) is 23.2 Å². The van der Waals surface area contributed by atoms with Gasteiger partial charge in [-0.3, -0.25) is 4.72 Å². The maximum Gasteiger partial charge on any atom is 0.263 e. The summed E-state index contributed by atoms with van der Waals surface area (Å²) in [6.07, 6.45) is 0. The third-order valence-corrected chi connectivity index (χ3v) is 5.93. The third kappa shape index (κ3) is 3.68. The zero-order valence-electron chi connectivity index (χ0n) is 13.6. The molecule has 0 spiro atoms. The van der Waals surface area contributed by atoms with Crippen molar-refractivity contribution in [1.29, 1.82) is 0 Å². The summed E-state index contributed by atoms with van der Waals surface area (Å²) in [5.74, 6) is 0. The Kier molecular flexibility index (Phi) is 4.82. The smallest absolute Gasteiger partial charge is 0.263 e. The largest absolute Gasteiger partial charge is 0.319 e. The topological polar surface area (TPSA) is 51.1 Å². The maximum absolute atomic E-state index is 12.5. The number of nitrogens with zero attached hydrogens (tertiary/aromatic N) is 1. The molecule has 0 aliphatic rings. The van der Waals surface area contributed by atoms with Gasteiger partial charge in [-0.2, -0.15) is 0 Å². The molecule has 0 atom stereocenters. The summed E-state index contributed by atoms with van der Waals surface area (Å²) in [6.45, 7) is 4.04. The van der Waals surface area contributed by atoms with E-state index in [1.807, 2.05) is 38.1 Å². The van der Waals surface area contributed by atoms with Crippen molar-refractivity contribution in [3.8, 4) is 5.69 Å². The lowest BCUT2D eigenvalue weighted by Gasteiger charge is -2.12. The van der Waals surface area contributed by atoms with Gasteiger partial charge in [-0.05, 0) is 68.4 Å². The van der Waals surface area contributed by atoms with E-state index in [1.165, 1.54) is 18.2 Å². The second kappa shape index (κ2) is 6.75. The summed E-state index contributed by atoms with van der Waals surface area (Å²) in [6, 6.07) is 15.5. The molecule has 0 bridgehead atoms. The number of sulfonamides is 1. The molecule has 1 heterocycles. The normalized spacial score (nSPS) is 11.5. The van der Waals surface area contributed by atoms with E-state index in [1.54, 1.807) is 12.1 Å². The fraction of sp³-hybridized carbons (Fsp3) is 0.111. The molecule has 2 aromatic carbocycles. The van der Waals surface area contributed by atoms with Gasteiger partial charge in [0.2, 0.25) is 0 Å². The molecule has 3 rings (SSSR count). The molecule has 4 nitrogen and oxygen atoms in total. The predicted octanol–water partition coefficient (Wildman–Crippen LogP) is 5.20. The molecule has 0 amide bonds. The third-order valence-electron chi connectivity index (χ3n) is 3.83. The molecule has 0 aliphatic carbocycles. The van der Waals surface area contributed by atoms with E-state index < -0.39 is 10.0 Å². The van der Waals surface area contributed by atoms with Crippen molar-refractivity contribution in [1.82, 2.24) is 4.57 Å². The van der Waals surface area contributed by atoms with Crippen LogP contribution in [-0.2, 0) is 10.0 Å². The van der Waals surface area contributed by atoms with Crippen LogP contribution in [0.3, 0.4) is 0 Å². The molecule has 3 aromatic rings. The zero-order valence-corrected chi connectivity index (χ0v) is 16.0. The lowest BCUT2D eigenvalue weighted by atomic mass is 10.2. The van der Waals surface area contributed by atoms with Gasteiger partial charge in [0, 0.05) is 27.8 Å². The number of hydrogen-bond acceptors (Lipinski definition) is 2. The first-order valence-corrected chi connectivity index (χ1v) is 9.75. The van der Waals surface area contributed by atoms with Gasteiger partial charge in [0.1, 0.15) is 4.90 Å². The summed E-state index contributed by atoms with van der Waals surface area (Å²) in [5, 5.41) is 0.459. The molecule has 130 valence electrons. The summed E-state index contributed by atoms with van der Waals surface area (Å²) >= 11 is 11.8. The van der Waals surface area contributed by atoms with Crippen LogP contribution in [0.4, 0.5) is 5.69 Å². The van der Waals surface area contributed by atoms with Crippen LogP contribution >= 0.6 is 23.2 Å². The number of hydrogen-bond donors (Lipinski definition) is 1. The van der Waals surface area contributed by atoms with Crippen molar-refractivity contribution in [3.05, 3.63) is 76.0 Å². The van der Waals surface area contributed by atoms with Gasteiger partial charge in [-0.1, -0.05) is 23.2 Å². The summed E-state index contributed by atoms with van der Waals surface area (Å²) < 4.78 is 29.6. The van der Waals surface area contributed by atoms with Gasteiger partial charge >= 0.3 is 0 Å². The second-order valence-corrected chi connectivity index (χ2v) is 8.17. The molecule has 0 radical (unpaired) electrons. The fourth-order valence-corrected chi connectivity index (χ4v) is 4.49. The van der Waals surface area contributed by atoms with Gasteiger partial charge in [-0.15, -0.1) is 0 Å². The van der Waals surface area contributed by atoms with E-state index in [0.29, 0.717) is 10.7 Å². The van der Waals surface area contributed by atoms with Crippen LogP contribution in [0.1, 0.15) is 11.4 Å². The molecule has 0 fully saturated rings. The fourth-order valence-electron chi connectivity index (χ4n) is 2.66. The number of anilines is 1. The Morgan fingerprint density at radius 1 is 0.880 bits per heavy atom. The molecule has 1 aromatic heterocycles. The highest BCUT2D eigenvalue weighted by Crippen LogP contribution is 2.27. The lowest BCUT2D eigenvalue weighted by Crippen LogP contribution is -2.13. The van der Waals surface area contributed by atoms with E-state index in [-0.39, 0.29) is 9.92 Å². The van der Waals surface area contributed by atoms with Gasteiger partial charge in [0.15, 0.2) is 0 Å². The Hall–Kier alpha value is -1.95. The summed E-state index contributed by atoms with van der Waals surface area (Å²) in [5.41, 5.74) is 3.64. The first kappa shape index (κ1) is 17.9. The summed E-state index contributed by atoms with van der Waals surface area (Å²) in [4.78, 5) is -0.0141. The summed E-state index contributed by atoms with van der Waals surface area (Å²) in [7, 11) is -3.79. The molecular formula is C18H16Cl2N2O2S. The highest BCUT2D eigenvalue weighted by atomic mass is 35.5. The first-order chi connectivity index (χ1) is 11.8. The number of nitrogens with one attached hydrogen (secondary N) is 1. The van der Waals surface area contributed by atoms with Gasteiger partial charge < -0.3 is 4.57 Å². The minimum absolute atomic E-state index is 0.0141. The Morgan fingerprint density at radius 3 is 2.04 bits per heavy atom. The highest BCUT2D eigenvalue weighted by molar-refractivity contribution is 7.92. The van der Waals surface area contributed by atoms with Crippen molar-refractivity contribution in [2.45, 2.75) is 18.7 Å². The molecule has 0 aliphatic heterocycles. The maximum atomic E-state index is 12.5. The zero-order chi connectivity index (χ0) is 18.2. The Bertz CT molecular complexity index is 1010. The quantitative estimate of drug-likeness (QED) is 0.660. The van der Waals surface area contributed by atoms with Crippen LogP contribution < -0.4 is 4.72 Å². The Balaban J connectivity index is 1.88. The van der Waals surface area contributed by atoms with Crippen LogP contribution in [0, 0.1) is 13.8 Å². The number of aryl methyl sites for hydroxylation is 2. The molecule has 25 heavy (non-hydrogen) atoms. The minimum Gasteiger partial charge on any atom is -0.319 e. The molecule has 7 heteroatoms. The van der Waals surface area contributed by atoms with Crippen molar-refractivity contribution in [2.75, 3.05) is 4.72 Å². The van der Waals surface area contributed by atoms with E-state index in [0.717, 1.165) is 17.1 Å². The van der Waals surface area contributed by atoms with Crippen molar-refractivity contribution >= 4 is 38.9 Å². The first-order valence-electron chi connectivity index (χ1n) is 7.51. The molecular weight excluding hydrogens is 379 g/mol. The monoisotopic (exact) mass is 394 g/mol. The van der Waals surface area contributed by atoms with Crippen LogP contribution in [0.15, 0.2) is 59.5 Å². The highest BCUT2D eigenvalue weighted by Gasteiger charge is 2.18. The van der Waals surface area contributed by atoms with Gasteiger partial charge in [-0.25, -0.2) is 8.42 Å². The Labute approximate surface area is 157 Å². The SMILES string of the molecule is Cc1ccc(C)n1-c1ccc(NS(=O)(=O)c2ccc(Cl)cc2Cl)cc1. The van der Waals surface area contributed by atoms with Crippen molar-refractivity contribution in [2.24, 2.45) is 0 Å². The van der Waals surface area contributed by atoms with Crippen LogP contribution in [0.25, 0.3) is 5.69 Å². The van der Waals surface area contributed by atoms with Gasteiger partial charge in [0.05, 0.1) is 5.02 Å². The van der Waals surface area contributed by atoms with Crippen LogP contribution in [-0.4, -0.2) is 13.0 Å². The predicted molar refractivity (Wildman–Crippen MR) is 103 cm³/mol. The number of rotatable bonds is 4. The standard InChI is InChI=1S/C18H16Cl2N2O2S/c1-12-3-4-13(2)22(12)16-8-6-15(7-9-16)21-25(23,24)18-10-5-14(19)11-17(18)20/h3-11,21H,1-2H3. The van der Waals surface area contributed by atoms with E-state index in [2.05, 4.69) is 9.29 Å². The molecule has 1 N–H and O–H groups in total. The van der Waals surface area contributed by atoms with Crippen molar-refractivity contribution < 1.29 is 8.42 Å². The minimum atomic E-state index is -3.79.